The largest absolute Gasteiger partial charge is 0.394 e. The number of unbranched alkanes of at least 4 members (excludes halogenated alkanes) is 16. The number of carbonyl (C=O) groups is 1. The van der Waals surface area contributed by atoms with E-state index in [-0.39, 0.29) is 18.9 Å². The van der Waals surface area contributed by atoms with Gasteiger partial charge in [0.15, 0.2) is 18.9 Å². The lowest BCUT2D eigenvalue weighted by Crippen LogP contribution is -2.66. The Bertz CT molecular complexity index is 1420. The highest BCUT2D eigenvalue weighted by atomic mass is 16.8. The van der Waals surface area contributed by atoms with Crippen LogP contribution in [0.4, 0.5) is 0 Å². The van der Waals surface area contributed by atoms with Crippen molar-refractivity contribution in [2.75, 3.05) is 26.4 Å². The molecule has 3 aliphatic heterocycles. The van der Waals surface area contributed by atoms with E-state index >= 15 is 0 Å². The van der Waals surface area contributed by atoms with E-state index in [1.54, 1.807) is 12.2 Å². The van der Waals surface area contributed by atoms with Crippen LogP contribution in [0.15, 0.2) is 36.5 Å². The van der Waals surface area contributed by atoms with Gasteiger partial charge in [-0.2, -0.15) is 0 Å². The first-order valence-corrected chi connectivity index (χ1v) is 25.7. The third kappa shape index (κ3) is 21.2. The molecule has 0 spiro atoms. The van der Waals surface area contributed by atoms with Crippen LogP contribution >= 0.6 is 0 Å². The van der Waals surface area contributed by atoms with E-state index in [1.165, 1.54) is 70.6 Å². The van der Waals surface area contributed by atoms with Gasteiger partial charge in [-0.1, -0.05) is 133 Å². The number of carbonyl (C=O) groups excluding carboxylic acids is 1. The highest BCUT2D eigenvalue weighted by molar-refractivity contribution is 5.76. The molecule has 3 aliphatic rings. The Balaban J connectivity index is 1.55. The Morgan fingerprint density at radius 1 is 0.536 bits per heavy atom. The zero-order valence-corrected chi connectivity index (χ0v) is 41.0. The van der Waals surface area contributed by atoms with Gasteiger partial charge in [-0.25, -0.2) is 0 Å². The molecule has 17 atom stereocenters. The van der Waals surface area contributed by atoms with E-state index in [1.807, 2.05) is 13.0 Å². The molecule has 402 valence electrons. The van der Waals surface area contributed by atoms with Crippen molar-refractivity contribution in [2.24, 2.45) is 0 Å². The molecular weight excluding hydrogens is 903 g/mol. The predicted molar refractivity (Wildman–Crippen MR) is 254 cm³/mol. The minimum Gasteiger partial charge on any atom is -0.394 e. The third-order valence-corrected chi connectivity index (χ3v) is 13.0. The second-order valence-corrected chi connectivity index (χ2v) is 18.6. The Morgan fingerprint density at radius 2 is 0.957 bits per heavy atom. The lowest BCUT2D eigenvalue weighted by atomic mass is 9.96. The SMILES string of the molecule is C/C=C/CC/C=C/CC/C=C/C(O)C(COC1OC(CO)C(OC2OC(CO)C(OC3OC(CO)C(O)C(O)C3O)C(O)C2O)C(O)C1O)NC(=O)CCCCCCCCCCCCCCCCC. The first-order valence-electron chi connectivity index (χ1n) is 25.7. The van der Waals surface area contributed by atoms with Crippen LogP contribution in [0.1, 0.15) is 142 Å². The minimum atomic E-state index is -1.98. The van der Waals surface area contributed by atoms with Crippen molar-refractivity contribution in [1.82, 2.24) is 5.32 Å². The summed E-state index contributed by atoms with van der Waals surface area (Å²) >= 11 is 0. The smallest absolute Gasteiger partial charge is 0.220 e. The molecule has 0 aromatic heterocycles. The van der Waals surface area contributed by atoms with E-state index in [0.717, 1.165) is 38.5 Å². The van der Waals surface area contributed by atoms with Gasteiger partial charge in [0.2, 0.25) is 5.91 Å². The maximum Gasteiger partial charge on any atom is 0.220 e. The Morgan fingerprint density at radius 3 is 1.45 bits per heavy atom. The van der Waals surface area contributed by atoms with Gasteiger partial charge in [0.25, 0.3) is 0 Å². The van der Waals surface area contributed by atoms with Crippen molar-refractivity contribution in [2.45, 2.75) is 247 Å². The molecule has 1 amide bonds. The summed E-state index contributed by atoms with van der Waals surface area (Å²) in [6.07, 6.45) is 6.14. The quantitative estimate of drug-likeness (QED) is 0.0318. The molecule has 0 aliphatic carbocycles. The van der Waals surface area contributed by atoms with E-state index in [4.69, 9.17) is 28.4 Å². The molecule has 69 heavy (non-hydrogen) atoms. The number of ether oxygens (including phenoxy) is 6. The number of aliphatic hydroxyl groups excluding tert-OH is 11. The molecule has 0 bridgehead atoms. The lowest BCUT2D eigenvalue weighted by Gasteiger charge is -2.48. The molecule has 0 radical (unpaired) electrons. The van der Waals surface area contributed by atoms with Gasteiger partial charge in [0.05, 0.1) is 38.6 Å². The van der Waals surface area contributed by atoms with Gasteiger partial charge in [0.1, 0.15) is 73.2 Å². The summed E-state index contributed by atoms with van der Waals surface area (Å²) in [6.45, 7) is 1.42. The Kier molecular flexibility index (Phi) is 31.3. The summed E-state index contributed by atoms with van der Waals surface area (Å²) in [5.41, 5.74) is 0. The number of aliphatic hydroxyl groups is 11. The van der Waals surface area contributed by atoms with E-state index < -0.39 is 124 Å². The van der Waals surface area contributed by atoms with E-state index in [0.29, 0.717) is 12.8 Å². The van der Waals surface area contributed by atoms with E-state index in [9.17, 15) is 61.0 Å². The predicted octanol–water partition coefficient (Wildman–Crippen LogP) is 1.81. The fourth-order valence-electron chi connectivity index (χ4n) is 8.70. The van der Waals surface area contributed by atoms with Gasteiger partial charge in [0, 0.05) is 6.42 Å². The summed E-state index contributed by atoms with van der Waals surface area (Å²) in [5.74, 6) is -0.295. The fourth-order valence-corrected chi connectivity index (χ4v) is 8.70. The van der Waals surface area contributed by atoms with Crippen LogP contribution in [-0.2, 0) is 33.2 Å². The van der Waals surface area contributed by atoms with Crippen LogP contribution in [0.25, 0.3) is 0 Å². The highest BCUT2D eigenvalue weighted by Crippen LogP contribution is 2.33. The summed E-state index contributed by atoms with van der Waals surface area (Å²) in [6, 6.07) is -0.989. The molecule has 3 rings (SSSR count). The Labute approximate surface area is 409 Å². The van der Waals surface area contributed by atoms with Crippen LogP contribution in [0.5, 0.6) is 0 Å². The second kappa shape index (κ2) is 35.2. The summed E-state index contributed by atoms with van der Waals surface area (Å²) in [4.78, 5) is 13.2. The van der Waals surface area contributed by atoms with Gasteiger partial charge < -0.3 is 89.9 Å². The van der Waals surface area contributed by atoms with Crippen molar-refractivity contribution < 1.29 is 89.4 Å². The monoisotopic (exact) mass is 992 g/mol. The number of hydrogen-bond donors (Lipinski definition) is 12. The molecule has 12 N–H and O–H groups in total. The molecule has 3 saturated heterocycles. The standard InChI is InChI=1S/C50H89NO18/c1-3-5-7-9-11-13-14-15-16-17-18-20-22-24-26-28-38(56)51-33(34(55)27-25-23-21-19-12-10-8-6-4-2)32-64-48-44(62)41(59)46(36(30-53)66-48)69-50-45(63)42(60)47(37(31-54)67-50)68-49-43(61)40(58)39(57)35(29-52)65-49/h4,6,12,19,25,27,33-37,39-50,52-55,57-63H,3,5,7-11,13-18,20-24,26,28-32H2,1-2H3,(H,51,56)/b6-4+,19-12+,27-25+. The van der Waals surface area contributed by atoms with Gasteiger partial charge >= 0.3 is 0 Å². The number of rotatable bonds is 35. The number of hydrogen-bond acceptors (Lipinski definition) is 18. The zero-order chi connectivity index (χ0) is 50.6. The van der Waals surface area contributed by atoms with Crippen LogP contribution in [0, 0.1) is 0 Å². The van der Waals surface area contributed by atoms with Crippen LogP contribution in [0.3, 0.4) is 0 Å². The molecule has 0 aromatic rings. The number of amides is 1. The topological polar surface area (TPSA) is 307 Å². The molecule has 3 heterocycles. The van der Waals surface area contributed by atoms with E-state index in [2.05, 4.69) is 30.5 Å². The van der Waals surface area contributed by atoms with Gasteiger partial charge in [-0.3, -0.25) is 4.79 Å². The molecule has 3 fully saturated rings. The Hall–Kier alpha value is -1.99. The first kappa shape index (κ1) is 61.3. The summed E-state index contributed by atoms with van der Waals surface area (Å²) in [5, 5.41) is 119. The molecule has 19 heteroatoms. The lowest BCUT2D eigenvalue weighted by molar-refractivity contribution is -0.379. The van der Waals surface area contributed by atoms with Crippen LogP contribution in [-0.4, -0.2) is 193 Å². The maximum atomic E-state index is 13.2. The molecular formula is C50H89NO18. The third-order valence-electron chi connectivity index (χ3n) is 13.0. The number of allylic oxidation sites excluding steroid dienone is 5. The summed E-state index contributed by atoms with van der Waals surface area (Å²) < 4.78 is 34.0. The fraction of sp³-hybridized carbons (Fsp3) is 0.860. The average Bonchev–Trinajstić information content (AvgIpc) is 3.34. The highest BCUT2D eigenvalue weighted by Gasteiger charge is 2.53. The zero-order valence-electron chi connectivity index (χ0n) is 41.0. The van der Waals surface area contributed by atoms with Crippen molar-refractivity contribution in [3.05, 3.63) is 36.5 Å². The average molecular weight is 992 g/mol. The van der Waals surface area contributed by atoms with Gasteiger partial charge in [-0.05, 0) is 39.0 Å². The molecule has 19 nitrogen and oxygen atoms in total. The van der Waals surface area contributed by atoms with Crippen LogP contribution in [0.2, 0.25) is 0 Å². The first-order chi connectivity index (χ1) is 33.3. The second-order valence-electron chi connectivity index (χ2n) is 18.6. The molecule has 17 unspecified atom stereocenters. The van der Waals surface area contributed by atoms with Crippen molar-refractivity contribution >= 4 is 5.91 Å². The molecule has 0 aromatic carbocycles. The number of nitrogens with one attached hydrogen (secondary N) is 1. The normalized spacial score (nSPS) is 33.1. The van der Waals surface area contributed by atoms with Crippen molar-refractivity contribution in [3.63, 3.8) is 0 Å². The van der Waals surface area contributed by atoms with Gasteiger partial charge in [-0.15, -0.1) is 0 Å². The summed E-state index contributed by atoms with van der Waals surface area (Å²) in [7, 11) is 0. The van der Waals surface area contributed by atoms with Crippen molar-refractivity contribution in [1.29, 1.82) is 0 Å². The van der Waals surface area contributed by atoms with Crippen molar-refractivity contribution in [3.8, 4) is 0 Å². The molecule has 0 saturated carbocycles. The van der Waals surface area contributed by atoms with Crippen LogP contribution < -0.4 is 5.32 Å². The maximum absolute atomic E-state index is 13.2. The minimum absolute atomic E-state index is 0.234.